The number of pyridine rings is 1. The molecule has 0 spiro atoms. The van der Waals surface area contributed by atoms with Gasteiger partial charge in [0.05, 0.1) is 16.7 Å². The predicted octanol–water partition coefficient (Wildman–Crippen LogP) is 10.8. The summed E-state index contributed by atoms with van der Waals surface area (Å²) in [5.41, 5.74) is 6.28. The van der Waals surface area contributed by atoms with Crippen molar-refractivity contribution in [3.63, 3.8) is 0 Å². The normalized spacial score (nSPS) is 17.3. The average Bonchev–Trinajstić information content (AvgIpc) is 3.72. The van der Waals surface area contributed by atoms with Crippen LogP contribution in [0.1, 0.15) is 89.4 Å². The minimum absolute atomic E-state index is 0.0334. The van der Waals surface area contributed by atoms with E-state index in [0.717, 1.165) is 80.2 Å². The van der Waals surface area contributed by atoms with Crippen molar-refractivity contribution in [1.29, 1.82) is 0 Å². The highest BCUT2D eigenvalue weighted by Gasteiger charge is 2.29. The number of nitro benzene ring substituents is 1. The Morgan fingerprint density at radius 2 is 1.87 bits per heavy atom. The number of rotatable bonds is 16. The van der Waals surface area contributed by atoms with Crippen molar-refractivity contribution < 1.29 is 19.2 Å². The molecule has 2 aromatic heterocycles. The number of nitrogens with one attached hydrogen (secondary N) is 3. The molecule has 1 aliphatic carbocycles. The van der Waals surface area contributed by atoms with Crippen LogP contribution < -0.4 is 19.7 Å². The number of nitro groups is 1. The highest BCUT2D eigenvalue weighted by molar-refractivity contribution is 7.98. The third-order valence-electron chi connectivity index (χ3n) is 11.9. The Balaban J connectivity index is 0.00000297. The highest BCUT2D eigenvalue weighted by atomic mass is 32.2. The van der Waals surface area contributed by atoms with Gasteiger partial charge in [0, 0.05) is 86.8 Å². The van der Waals surface area contributed by atoms with Gasteiger partial charge in [0.2, 0.25) is 0 Å². The van der Waals surface area contributed by atoms with Gasteiger partial charge >= 0.3 is 0 Å². The largest absolute Gasteiger partial charge is 0.455 e. The zero-order valence-electron chi connectivity index (χ0n) is 35.9. The van der Waals surface area contributed by atoms with E-state index in [-0.39, 0.29) is 11.6 Å². The van der Waals surface area contributed by atoms with Gasteiger partial charge in [0.25, 0.3) is 11.6 Å². The molecule has 0 atom stereocenters. The maximum absolute atomic E-state index is 13.8. The minimum Gasteiger partial charge on any atom is -0.455 e. The Morgan fingerprint density at radius 3 is 2.62 bits per heavy atom. The monoisotopic (exact) mass is 837 g/mol. The van der Waals surface area contributed by atoms with E-state index in [4.69, 9.17) is 9.47 Å². The molecular weight excluding hydrogens is 775 g/mol. The molecule has 2 fully saturated rings. The molecule has 60 heavy (non-hydrogen) atoms. The number of carbonyl (C=O) groups excluding carboxylic acids is 1. The Morgan fingerprint density at radius 1 is 1.08 bits per heavy atom. The molecule has 2 aliphatic heterocycles. The van der Waals surface area contributed by atoms with Crippen molar-refractivity contribution in [1.82, 2.24) is 19.6 Å². The van der Waals surface area contributed by atoms with E-state index in [1.54, 1.807) is 35.5 Å². The first-order valence-corrected chi connectivity index (χ1v) is 22.3. The molecule has 3 N–H and O–H groups in total. The minimum atomic E-state index is -0.391. The van der Waals surface area contributed by atoms with Crippen LogP contribution in [0.15, 0.2) is 90.1 Å². The van der Waals surface area contributed by atoms with Gasteiger partial charge in [-0.05, 0) is 111 Å². The highest BCUT2D eigenvalue weighted by Crippen LogP contribution is 2.41. The molecule has 4 heterocycles. The Kier molecular flexibility index (Phi) is 15.7. The second kappa shape index (κ2) is 21.1. The number of aromatic amines is 1. The van der Waals surface area contributed by atoms with Gasteiger partial charge in [-0.15, -0.1) is 13.2 Å². The van der Waals surface area contributed by atoms with Crippen LogP contribution in [0.4, 0.5) is 17.1 Å². The first-order valence-electron chi connectivity index (χ1n) is 21.5. The maximum atomic E-state index is 13.8. The summed E-state index contributed by atoms with van der Waals surface area (Å²) in [6.45, 7) is 22.3. The molecule has 2 saturated heterocycles. The fraction of sp³-hybridized carbons (Fsp3) is 0.489. The van der Waals surface area contributed by atoms with Crippen LogP contribution in [-0.2, 0) is 4.74 Å². The SMILES string of the molecule is C=C.CC(C)CCCC1=C(CN2CCN(c3ccc(C(=O)NSc4ccc(NCC5CCOCC5)c([N+](=O)[O-])c4)c(Oc4cnc5[nH]ccc5c4)c3)CC2)CCC(C)(C)C1. The summed E-state index contributed by atoms with van der Waals surface area (Å²) in [4.78, 5) is 38.6. The summed E-state index contributed by atoms with van der Waals surface area (Å²) in [7, 11) is 0. The predicted molar refractivity (Wildman–Crippen MR) is 244 cm³/mol. The number of hydrogen-bond acceptors (Lipinski definition) is 10. The van der Waals surface area contributed by atoms with E-state index in [9.17, 15) is 14.9 Å². The molecular formula is C47H63N7O5S. The van der Waals surface area contributed by atoms with Crippen molar-refractivity contribution in [3.05, 3.63) is 101 Å². The smallest absolute Gasteiger partial charge is 0.293 e. The summed E-state index contributed by atoms with van der Waals surface area (Å²) in [5, 5.41) is 16.2. The first-order chi connectivity index (χ1) is 29.0. The number of allylic oxidation sites excluding steroid dienone is 1. The molecule has 322 valence electrons. The van der Waals surface area contributed by atoms with Crippen LogP contribution in [-0.4, -0.2) is 78.2 Å². The van der Waals surface area contributed by atoms with Gasteiger partial charge in [-0.25, -0.2) is 4.98 Å². The maximum Gasteiger partial charge on any atom is 0.293 e. The fourth-order valence-electron chi connectivity index (χ4n) is 8.39. The molecule has 13 heteroatoms. The van der Waals surface area contributed by atoms with Gasteiger partial charge in [-0.2, -0.15) is 0 Å². The van der Waals surface area contributed by atoms with E-state index in [2.05, 4.69) is 70.7 Å². The van der Waals surface area contributed by atoms with E-state index in [0.29, 0.717) is 58.7 Å². The number of ether oxygens (including phenoxy) is 2. The number of anilines is 2. The van der Waals surface area contributed by atoms with Crippen LogP contribution in [0.3, 0.4) is 0 Å². The molecule has 0 bridgehead atoms. The topological polar surface area (TPSA) is 138 Å². The summed E-state index contributed by atoms with van der Waals surface area (Å²) >= 11 is 1.04. The summed E-state index contributed by atoms with van der Waals surface area (Å²) < 4.78 is 14.8. The summed E-state index contributed by atoms with van der Waals surface area (Å²) in [6.07, 6.45) is 12.8. The molecule has 0 radical (unpaired) electrons. The molecule has 7 rings (SSSR count). The zero-order valence-corrected chi connectivity index (χ0v) is 36.7. The van der Waals surface area contributed by atoms with Crippen molar-refractivity contribution in [2.24, 2.45) is 17.3 Å². The van der Waals surface area contributed by atoms with E-state index in [1.165, 1.54) is 44.6 Å². The van der Waals surface area contributed by atoms with E-state index >= 15 is 0 Å². The fourth-order valence-corrected chi connectivity index (χ4v) is 9.02. The number of carbonyl (C=O) groups is 1. The number of fused-ring (bicyclic) bond motifs is 1. The summed E-state index contributed by atoms with van der Waals surface area (Å²) in [5.74, 6) is 1.71. The molecule has 4 aromatic rings. The van der Waals surface area contributed by atoms with Crippen molar-refractivity contribution in [2.75, 3.05) is 62.7 Å². The Hall–Kier alpha value is -4.85. The van der Waals surface area contributed by atoms with Gasteiger partial charge in [0.15, 0.2) is 0 Å². The van der Waals surface area contributed by atoms with Crippen LogP contribution in [0.5, 0.6) is 11.5 Å². The van der Waals surface area contributed by atoms with Crippen LogP contribution >= 0.6 is 11.9 Å². The quantitative estimate of drug-likeness (QED) is 0.0433. The lowest BCUT2D eigenvalue weighted by Gasteiger charge is -2.39. The van der Waals surface area contributed by atoms with Gasteiger partial charge in [-0.3, -0.25) is 24.5 Å². The molecule has 0 unspecified atom stereocenters. The van der Waals surface area contributed by atoms with Crippen LogP contribution in [0, 0.1) is 27.4 Å². The van der Waals surface area contributed by atoms with Crippen LogP contribution in [0.2, 0.25) is 0 Å². The second-order valence-corrected chi connectivity index (χ2v) is 18.3. The van der Waals surface area contributed by atoms with Crippen molar-refractivity contribution in [3.8, 4) is 11.5 Å². The summed E-state index contributed by atoms with van der Waals surface area (Å²) in [6, 6.07) is 14.5. The molecule has 1 amide bonds. The number of aromatic nitrogens is 2. The lowest BCUT2D eigenvalue weighted by molar-refractivity contribution is -0.384. The van der Waals surface area contributed by atoms with E-state index < -0.39 is 4.92 Å². The van der Waals surface area contributed by atoms with Crippen molar-refractivity contribution >= 4 is 46.0 Å². The zero-order chi connectivity index (χ0) is 42.6. The Bertz CT molecular complexity index is 2100. The Labute approximate surface area is 359 Å². The molecule has 12 nitrogen and oxygen atoms in total. The third kappa shape index (κ3) is 12.1. The number of benzene rings is 2. The van der Waals surface area contributed by atoms with Gasteiger partial charge in [-0.1, -0.05) is 45.3 Å². The van der Waals surface area contributed by atoms with Crippen LogP contribution in [0.25, 0.3) is 11.0 Å². The number of nitrogens with zero attached hydrogens (tertiary/aromatic N) is 4. The lowest BCUT2D eigenvalue weighted by Crippen LogP contribution is -2.47. The van der Waals surface area contributed by atoms with E-state index in [1.807, 2.05) is 30.5 Å². The van der Waals surface area contributed by atoms with Crippen molar-refractivity contribution in [2.45, 2.75) is 84.0 Å². The lowest BCUT2D eigenvalue weighted by atomic mass is 9.73. The van der Waals surface area contributed by atoms with Gasteiger partial charge < -0.3 is 24.7 Å². The molecule has 0 saturated carbocycles. The number of H-pyrrole nitrogens is 1. The average molecular weight is 838 g/mol. The number of hydrogen-bond donors (Lipinski definition) is 3. The third-order valence-corrected chi connectivity index (χ3v) is 12.6. The molecule has 3 aliphatic rings. The van der Waals surface area contributed by atoms with Gasteiger partial charge in [0.1, 0.15) is 22.8 Å². The second-order valence-electron chi connectivity index (χ2n) is 17.4. The number of piperazine rings is 1. The standard InChI is InChI=1S/C45H59N7O5S.C2H4/c1-31(2)6-5-7-34-27-45(3,4)16-12-35(34)30-50-18-20-51(21-19-50)36-8-10-39(42(25-36)57-37-24-33-13-17-46-43(33)48-29-37)44(53)49-58-38-9-11-40(41(26-38)52(54)55)47-28-32-14-22-56-23-15-32;1-2/h8-11,13,17,24-26,29,31-32,47H,5-7,12,14-16,18-23,27-28,30H2,1-4H3,(H,46,48)(H,49,53);1-2H2. The number of amides is 1. The first kappa shape index (κ1) is 44.7. The molecule has 2 aromatic carbocycles.